The maximum atomic E-state index is 11.2. The van der Waals surface area contributed by atoms with Crippen LogP contribution < -0.4 is 10.5 Å². The van der Waals surface area contributed by atoms with Crippen molar-refractivity contribution in [3.63, 3.8) is 0 Å². The van der Waals surface area contributed by atoms with Crippen molar-refractivity contribution >= 4 is 33.2 Å². The Bertz CT molecular complexity index is 639. The zero-order chi connectivity index (χ0) is 12.7. The van der Waals surface area contributed by atoms with Gasteiger partial charge in [0.2, 0.25) is 0 Å². The molecule has 0 fully saturated rings. The van der Waals surface area contributed by atoms with Crippen LogP contribution in [0.3, 0.4) is 0 Å². The van der Waals surface area contributed by atoms with Crippen LogP contribution in [0.1, 0.15) is 14.7 Å². The number of aromatic nitrogens is 1. The van der Waals surface area contributed by atoms with Gasteiger partial charge in [-0.3, -0.25) is 4.79 Å². The molecule has 2 aromatic rings. The van der Waals surface area contributed by atoms with E-state index in [-0.39, 0.29) is 0 Å². The molecule has 3 rings (SSSR count). The van der Waals surface area contributed by atoms with Gasteiger partial charge in [0.1, 0.15) is 5.75 Å². The van der Waals surface area contributed by atoms with E-state index in [1.165, 1.54) is 11.3 Å². The molecule has 18 heavy (non-hydrogen) atoms. The van der Waals surface area contributed by atoms with Crippen molar-refractivity contribution in [2.45, 2.75) is 6.42 Å². The number of rotatable bonds is 1. The Labute approximate surface area is 116 Å². The average Bonchev–Trinajstić information content (AvgIpc) is 2.67. The van der Waals surface area contributed by atoms with E-state index in [1.807, 2.05) is 18.2 Å². The molecule has 1 aromatic carbocycles. The van der Waals surface area contributed by atoms with Gasteiger partial charge in [0, 0.05) is 21.3 Å². The normalized spacial score (nSPS) is 13.2. The number of nitrogens with two attached hydrogens (primary N) is 1. The number of carbonyl (C=O) groups excluding carboxylic acids is 1. The Morgan fingerprint density at radius 2 is 2.33 bits per heavy atom. The molecule has 1 aromatic heterocycles. The number of nitrogens with zero attached hydrogens (tertiary/aromatic N) is 1. The van der Waals surface area contributed by atoms with Crippen molar-refractivity contribution in [3.05, 3.63) is 32.6 Å². The Morgan fingerprint density at radius 3 is 3.11 bits per heavy atom. The topological polar surface area (TPSA) is 65.2 Å². The number of carbonyl (C=O) groups is 1. The van der Waals surface area contributed by atoms with Gasteiger partial charge in [-0.15, -0.1) is 11.3 Å². The van der Waals surface area contributed by atoms with Crippen molar-refractivity contribution in [1.82, 2.24) is 4.98 Å². The first-order valence-corrected chi connectivity index (χ1v) is 6.98. The molecule has 0 bridgehead atoms. The van der Waals surface area contributed by atoms with Gasteiger partial charge >= 0.3 is 0 Å². The molecule has 92 valence electrons. The van der Waals surface area contributed by atoms with Crippen LogP contribution in [0.2, 0.25) is 0 Å². The van der Waals surface area contributed by atoms with Crippen LogP contribution in [-0.2, 0) is 6.42 Å². The summed E-state index contributed by atoms with van der Waals surface area (Å²) >= 11 is 4.76. The smallest absolute Gasteiger partial charge is 0.277 e. The fourth-order valence-electron chi connectivity index (χ4n) is 1.90. The van der Waals surface area contributed by atoms with Crippen LogP contribution in [-0.4, -0.2) is 17.5 Å². The van der Waals surface area contributed by atoms with Gasteiger partial charge in [0.15, 0.2) is 5.01 Å². The first kappa shape index (κ1) is 11.7. The minimum absolute atomic E-state index is 0.357. The number of benzene rings is 1. The summed E-state index contributed by atoms with van der Waals surface area (Å²) in [5, 5.41) is 0.357. The lowest BCUT2D eigenvalue weighted by atomic mass is 10.1. The van der Waals surface area contributed by atoms with Crippen LogP contribution in [0.15, 0.2) is 22.7 Å². The molecule has 0 aliphatic carbocycles. The zero-order valence-corrected chi connectivity index (χ0v) is 11.7. The van der Waals surface area contributed by atoms with E-state index in [1.54, 1.807) is 0 Å². The van der Waals surface area contributed by atoms with Gasteiger partial charge in [-0.2, -0.15) is 0 Å². The van der Waals surface area contributed by atoms with E-state index in [9.17, 15) is 4.79 Å². The summed E-state index contributed by atoms with van der Waals surface area (Å²) in [5.74, 6) is 0.303. The third-order valence-electron chi connectivity index (χ3n) is 2.69. The summed E-state index contributed by atoms with van der Waals surface area (Å²) in [5.41, 5.74) is 7.00. The second-order valence-electron chi connectivity index (χ2n) is 3.89. The quantitative estimate of drug-likeness (QED) is 0.876. The van der Waals surface area contributed by atoms with Gasteiger partial charge in [-0.25, -0.2) is 4.98 Å². The lowest BCUT2D eigenvalue weighted by Gasteiger charge is -2.06. The second kappa shape index (κ2) is 4.37. The van der Waals surface area contributed by atoms with Gasteiger partial charge in [0.05, 0.1) is 12.3 Å². The summed E-state index contributed by atoms with van der Waals surface area (Å²) in [7, 11) is 0. The average molecular weight is 325 g/mol. The largest absolute Gasteiger partial charge is 0.492 e. The van der Waals surface area contributed by atoms with Gasteiger partial charge in [0.25, 0.3) is 5.91 Å². The van der Waals surface area contributed by atoms with E-state index in [0.29, 0.717) is 11.6 Å². The molecule has 0 radical (unpaired) electrons. The van der Waals surface area contributed by atoms with Crippen LogP contribution in [0.5, 0.6) is 5.75 Å². The van der Waals surface area contributed by atoms with Crippen molar-refractivity contribution in [1.29, 1.82) is 0 Å². The van der Waals surface area contributed by atoms with Crippen LogP contribution in [0, 0.1) is 0 Å². The van der Waals surface area contributed by atoms with Gasteiger partial charge in [-0.05, 0) is 18.2 Å². The number of hydrogen-bond acceptors (Lipinski definition) is 4. The number of amides is 1. The second-order valence-corrected chi connectivity index (χ2v) is 5.89. The number of hydrogen-bond donors (Lipinski definition) is 1. The summed E-state index contributed by atoms with van der Waals surface area (Å²) in [6.07, 6.45) is 0.743. The number of fused-ring (bicyclic) bond motifs is 3. The molecule has 4 nitrogen and oxygen atoms in total. The van der Waals surface area contributed by atoms with E-state index in [0.717, 1.165) is 32.8 Å². The zero-order valence-electron chi connectivity index (χ0n) is 9.27. The SMILES string of the molecule is NC(=O)c1nc2c(s1)CCOc1cc(Br)ccc1-2. The summed E-state index contributed by atoms with van der Waals surface area (Å²) in [6.45, 7) is 0.580. The molecule has 0 atom stereocenters. The molecule has 0 saturated heterocycles. The minimum Gasteiger partial charge on any atom is -0.492 e. The highest BCUT2D eigenvalue weighted by Gasteiger charge is 2.21. The molecule has 2 N–H and O–H groups in total. The summed E-state index contributed by atoms with van der Waals surface area (Å²) in [4.78, 5) is 16.6. The molecule has 2 heterocycles. The molecule has 1 aliphatic rings. The lowest BCUT2D eigenvalue weighted by molar-refractivity contribution is 0.1000. The number of halogens is 1. The Hall–Kier alpha value is -1.40. The van der Waals surface area contributed by atoms with Crippen LogP contribution >= 0.6 is 27.3 Å². The Balaban J connectivity index is 2.20. The molecular weight excluding hydrogens is 316 g/mol. The first-order valence-electron chi connectivity index (χ1n) is 5.37. The van der Waals surface area contributed by atoms with Gasteiger partial charge < -0.3 is 10.5 Å². The minimum atomic E-state index is -0.479. The van der Waals surface area contributed by atoms with Crippen LogP contribution in [0.25, 0.3) is 11.3 Å². The monoisotopic (exact) mass is 324 g/mol. The Morgan fingerprint density at radius 1 is 1.50 bits per heavy atom. The van der Waals surface area contributed by atoms with Crippen LogP contribution in [0.4, 0.5) is 0 Å². The van der Waals surface area contributed by atoms with Crippen molar-refractivity contribution in [2.75, 3.05) is 6.61 Å². The van der Waals surface area contributed by atoms with Crippen molar-refractivity contribution in [2.24, 2.45) is 5.73 Å². The fourth-order valence-corrected chi connectivity index (χ4v) is 3.15. The molecule has 0 spiro atoms. The van der Waals surface area contributed by atoms with Crippen molar-refractivity contribution < 1.29 is 9.53 Å². The molecule has 0 unspecified atom stereocenters. The predicted octanol–water partition coefficient (Wildman–Crippen LogP) is 2.61. The standard InChI is InChI=1S/C12H9BrN2O2S/c13-6-1-2-7-8(5-6)17-4-3-9-10(7)15-12(18-9)11(14)16/h1-2,5H,3-4H2,(H2,14,16). The van der Waals surface area contributed by atoms with E-state index in [4.69, 9.17) is 10.5 Å². The number of ether oxygens (including phenoxy) is 1. The van der Waals surface area contributed by atoms with E-state index >= 15 is 0 Å². The number of primary amides is 1. The highest BCUT2D eigenvalue weighted by Crippen LogP contribution is 2.38. The highest BCUT2D eigenvalue weighted by molar-refractivity contribution is 9.10. The highest BCUT2D eigenvalue weighted by atomic mass is 79.9. The molecule has 6 heteroatoms. The molecule has 0 saturated carbocycles. The van der Waals surface area contributed by atoms with E-state index in [2.05, 4.69) is 20.9 Å². The summed E-state index contributed by atoms with van der Waals surface area (Å²) < 4.78 is 6.64. The number of thiazole rings is 1. The van der Waals surface area contributed by atoms with Gasteiger partial charge in [-0.1, -0.05) is 15.9 Å². The fraction of sp³-hybridized carbons (Fsp3) is 0.167. The molecule has 1 aliphatic heterocycles. The van der Waals surface area contributed by atoms with E-state index < -0.39 is 5.91 Å². The molecular formula is C12H9BrN2O2S. The lowest BCUT2D eigenvalue weighted by Crippen LogP contribution is -2.10. The third-order valence-corrected chi connectivity index (χ3v) is 4.32. The maximum Gasteiger partial charge on any atom is 0.277 e. The molecule has 1 amide bonds. The Kier molecular flexibility index (Phi) is 2.83. The third kappa shape index (κ3) is 1.91. The summed E-state index contributed by atoms with van der Waals surface area (Å²) in [6, 6.07) is 5.78. The first-order chi connectivity index (χ1) is 8.65. The maximum absolute atomic E-state index is 11.2. The van der Waals surface area contributed by atoms with Crippen molar-refractivity contribution in [3.8, 4) is 17.0 Å². The predicted molar refractivity (Wildman–Crippen MR) is 73.0 cm³/mol.